The molecule has 2 amide bonds. The van der Waals surface area contributed by atoms with E-state index in [4.69, 9.17) is 4.74 Å². The number of methoxy groups -OCH3 is 1. The van der Waals surface area contributed by atoms with Gasteiger partial charge in [-0.3, -0.25) is 9.59 Å². The minimum absolute atomic E-state index is 0.0725. The maximum Gasteiger partial charge on any atom is 0.330 e. The van der Waals surface area contributed by atoms with Crippen molar-refractivity contribution >= 4 is 17.8 Å². The second-order valence-corrected chi connectivity index (χ2v) is 6.71. The number of carbonyl (C=O) groups excluding carboxylic acids is 2. The number of nitrogens with zero attached hydrogens (tertiary/aromatic N) is 1. The summed E-state index contributed by atoms with van der Waals surface area (Å²) in [5.74, 6) is -1.53. The fourth-order valence-electron chi connectivity index (χ4n) is 3.25. The maximum atomic E-state index is 12.6. The van der Waals surface area contributed by atoms with Crippen molar-refractivity contribution in [1.29, 1.82) is 0 Å². The Hall–Kier alpha value is -3.35. The number of benzene rings is 2. The summed E-state index contributed by atoms with van der Waals surface area (Å²) < 4.78 is 5.12. The molecule has 7 heteroatoms. The molecular formula is C21H22N2O5. The summed E-state index contributed by atoms with van der Waals surface area (Å²) in [4.78, 5) is 38.1. The monoisotopic (exact) mass is 382 g/mol. The topological polar surface area (TPSA) is 95.9 Å². The van der Waals surface area contributed by atoms with Gasteiger partial charge in [-0.25, -0.2) is 4.79 Å². The minimum Gasteiger partial charge on any atom is -0.497 e. The number of hydrogen-bond donors (Lipinski definition) is 2. The summed E-state index contributed by atoms with van der Waals surface area (Å²) in [5, 5.41) is 12.0. The lowest BCUT2D eigenvalue weighted by molar-refractivity contribution is -0.142. The Morgan fingerprint density at radius 2 is 1.86 bits per heavy atom. The molecule has 2 N–H and O–H groups in total. The van der Waals surface area contributed by atoms with Crippen molar-refractivity contribution in [3.05, 3.63) is 65.7 Å². The number of rotatable bonds is 7. The van der Waals surface area contributed by atoms with E-state index in [1.807, 2.05) is 24.3 Å². The molecule has 2 atom stereocenters. The van der Waals surface area contributed by atoms with Gasteiger partial charge in [-0.05, 0) is 23.3 Å². The molecule has 0 saturated carbocycles. The fourth-order valence-corrected chi connectivity index (χ4v) is 3.25. The molecule has 28 heavy (non-hydrogen) atoms. The SMILES string of the molecule is COc1ccc(CN2CC(C(=O)N[C@@H](C(=O)O)c3ccccc3)CC2=O)cc1. The zero-order valence-corrected chi connectivity index (χ0v) is 15.5. The fraction of sp³-hybridized carbons (Fsp3) is 0.286. The van der Waals surface area contributed by atoms with Crippen LogP contribution in [0.4, 0.5) is 0 Å². The molecule has 1 fully saturated rings. The predicted molar refractivity (Wildman–Crippen MR) is 101 cm³/mol. The summed E-state index contributed by atoms with van der Waals surface area (Å²) >= 11 is 0. The quantitative estimate of drug-likeness (QED) is 0.763. The van der Waals surface area contributed by atoms with E-state index in [1.165, 1.54) is 0 Å². The first-order valence-electron chi connectivity index (χ1n) is 8.96. The molecule has 0 radical (unpaired) electrons. The molecule has 1 aliphatic heterocycles. The summed E-state index contributed by atoms with van der Waals surface area (Å²) in [7, 11) is 1.59. The third-order valence-electron chi connectivity index (χ3n) is 4.78. The van der Waals surface area contributed by atoms with Gasteiger partial charge in [0.25, 0.3) is 0 Å². The van der Waals surface area contributed by atoms with Gasteiger partial charge >= 0.3 is 5.97 Å². The van der Waals surface area contributed by atoms with Crippen LogP contribution < -0.4 is 10.1 Å². The van der Waals surface area contributed by atoms with E-state index in [2.05, 4.69) is 5.32 Å². The minimum atomic E-state index is -1.14. The lowest BCUT2D eigenvalue weighted by Crippen LogP contribution is -2.38. The normalized spacial score (nSPS) is 17.2. The molecule has 0 spiro atoms. The third-order valence-corrected chi connectivity index (χ3v) is 4.78. The summed E-state index contributed by atoms with van der Waals surface area (Å²) in [6, 6.07) is 14.7. The Balaban J connectivity index is 1.63. The number of amides is 2. The van der Waals surface area contributed by atoms with Gasteiger partial charge in [-0.2, -0.15) is 0 Å². The molecule has 2 aromatic rings. The zero-order valence-electron chi connectivity index (χ0n) is 15.5. The molecule has 1 heterocycles. The largest absolute Gasteiger partial charge is 0.497 e. The van der Waals surface area contributed by atoms with E-state index in [-0.39, 0.29) is 18.9 Å². The number of aliphatic carboxylic acids is 1. The second-order valence-electron chi connectivity index (χ2n) is 6.71. The molecule has 0 bridgehead atoms. The van der Waals surface area contributed by atoms with Gasteiger partial charge in [0.1, 0.15) is 5.75 Å². The first-order chi connectivity index (χ1) is 13.5. The molecule has 3 rings (SSSR count). The highest BCUT2D eigenvalue weighted by atomic mass is 16.5. The Morgan fingerprint density at radius 3 is 2.46 bits per heavy atom. The van der Waals surface area contributed by atoms with E-state index >= 15 is 0 Å². The number of carboxylic acid groups (broad SMARTS) is 1. The van der Waals surface area contributed by atoms with Crippen molar-refractivity contribution < 1.29 is 24.2 Å². The molecule has 0 aliphatic carbocycles. The lowest BCUT2D eigenvalue weighted by Gasteiger charge is -2.19. The third kappa shape index (κ3) is 4.49. The van der Waals surface area contributed by atoms with Crippen LogP contribution in [-0.2, 0) is 20.9 Å². The van der Waals surface area contributed by atoms with E-state index in [0.717, 1.165) is 11.3 Å². The zero-order chi connectivity index (χ0) is 20.1. The molecular weight excluding hydrogens is 360 g/mol. The number of carboxylic acids is 1. The van der Waals surface area contributed by atoms with E-state index < -0.39 is 23.8 Å². The van der Waals surface area contributed by atoms with Gasteiger partial charge in [0.05, 0.1) is 13.0 Å². The van der Waals surface area contributed by atoms with Crippen molar-refractivity contribution in [2.45, 2.75) is 19.0 Å². The van der Waals surface area contributed by atoms with Crippen LogP contribution in [0.25, 0.3) is 0 Å². The van der Waals surface area contributed by atoms with Crippen molar-refractivity contribution in [2.75, 3.05) is 13.7 Å². The summed E-state index contributed by atoms with van der Waals surface area (Å²) in [6.07, 6.45) is 0.0725. The number of nitrogens with one attached hydrogen (secondary N) is 1. The van der Waals surface area contributed by atoms with Gasteiger partial charge < -0.3 is 20.1 Å². The van der Waals surface area contributed by atoms with Gasteiger partial charge in [0.2, 0.25) is 11.8 Å². The molecule has 1 saturated heterocycles. The summed E-state index contributed by atoms with van der Waals surface area (Å²) in [5.41, 5.74) is 1.42. The van der Waals surface area contributed by atoms with Crippen LogP contribution in [0.2, 0.25) is 0 Å². The highest BCUT2D eigenvalue weighted by Gasteiger charge is 2.36. The molecule has 1 unspecified atom stereocenters. The van der Waals surface area contributed by atoms with E-state index in [9.17, 15) is 19.5 Å². The Morgan fingerprint density at radius 1 is 1.18 bits per heavy atom. The van der Waals surface area contributed by atoms with Crippen LogP contribution in [0.15, 0.2) is 54.6 Å². The molecule has 146 valence electrons. The molecule has 1 aliphatic rings. The smallest absolute Gasteiger partial charge is 0.330 e. The molecule has 2 aromatic carbocycles. The van der Waals surface area contributed by atoms with Gasteiger partial charge in [0.15, 0.2) is 6.04 Å². The Labute approximate surface area is 162 Å². The van der Waals surface area contributed by atoms with Crippen LogP contribution in [0.3, 0.4) is 0 Å². The van der Waals surface area contributed by atoms with Crippen LogP contribution in [-0.4, -0.2) is 41.4 Å². The van der Waals surface area contributed by atoms with Crippen LogP contribution >= 0.6 is 0 Å². The first kappa shape index (κ1) is 19.4. The summed E-state index contributed by atoms with van der Waals surface area (Å²) in [6.45, 7) is 0.658. The van der Waals surface area contributed by atoms with E-state index in [0.29, 0.717) is 12.1 Å². The van der Waals surface area contributed by atoms with Crippen molar-refractivity contribution in [3.63, 3.8) is 0 Å². The van der Waals surface area contributed by atoms with Gasteiger partial charge in [-0.15, -0.1) is 0 Å². The lowest BCUT2D eigenvalue weighted by atomic mass is 10.0. The number of carbonyl (C=O) groups is 3. The Bertz CT molecular complexity index is 851. The standard InChI is InChI=1S/C21H22N2O5/c1-28-17-9-7-14(8-10-17)12-23-13-16(11-18(23)24)20(25)22-19(21(26)27)15-5-3-2-4-6-15/h2-10,16,19H,11-13H2,1H3,(H,22,25)(H,26,27)/t16?,19-/m1/s1. The average molecular weight is 382 g/mol. The maximum absolute atomic E-state index is 12.6. The van der Waals surface area contributed by atoms with Gasteiger partial charge in [-0.1, -0.05) is 42.5 Å². The number of hydrogen-bond acceptors (Lipinski definition) is 4. The predicted octanol–water partition coefficient (Wildman–Crippen LogP) is 1.99. The van der Waals surface area contributed by atoms with Crippen molar-refractivity contribution in [3.8, 4) is 5.75 Å². The average Bonchev–Trinajstić information content (AvgIpc) is 3.07. The van der Waals surface area contributed by atoms with Crippen molar-refractivity contribution in [1.82, 2.24) is 10.2 Å². The molecule has 7 nitrogen and oxygen atoms in total. The number of ether oxygens (including phenoxy) is 1. The first-order valence-corrected chi connectivity index (χ1v) is 8.96. The van der Waals surface area contributed by atoms with Gasteiger partial charge in [0, 0.05) is 19.5 Å². The van der Waals surface area contributed by atoms with Crippen LogP contribution in [0, 0.1) is 5.92 Å². The van der Waals surface area contributed by atoms with Crippen molar-refractivity contribution in [2.24, 2.45) is 5.92 Å². The van der Waals surface area contributed by atoms with Crippen LogP contribution in [0.1, 0.15) is 23.6 Å². The highest BCUT2D eigenvalue weighted by molar-refractivity contribution is 5.91. The highest BCUT2D eigenvalue weighted by Crippen LogP contribution is 2.23. The van der Waals surface area contributed by atoms with E-state index in [1.54, 1.807) is 42.3 Å². The second kappa shape index (κ2) is 8.56. The Kier molecular flexibility index (Phi) is 5.93. The van der Waals surface area contributed by atoms with Crippen LogP contribution in [0.5, 0.6) is 5.75 Å². The molecule has 0 aromatic heterocycles. The number of likely N-dealkylation sites (tertiary alicyclic amines) is 1.